The molecule has 1 atom stereocenters. The lowest BCUT2D eigenvalue weighted by Crippen LogP contribution is -2.39. The third kappa shape index (κ3) is 3.13. The maximum Gasteiger partial charge on any atom is 0.194 e. The summed E-state index contributed by atoms with van der Waals surface area (Å²) in [4.78, 5) is 18.9. The number of aromatic nitrogens is 1. The van der Waals surface area contributed by atoms with Gasteiger partial charge >= 0.3 is 0 Å². The molecule has 1 unspecified atom stereocenters. The summed E-state index contributed by atoms with van der Waals surface area (Å²) in [5.74, 6) is 0.724. The van der Waals surface area contributed by atoms with Crippen LogP contribution in [0.2, 0.25) is 0 Å². The zero-order valence-electron chi connectivity index (χ0n) is 14.3. The third-order valence-electron chi connectivity index (χ3n) is 5.10. The zero-order valence-corrected chi connectivity index (χ0v) is 14.3. The van der Waals surface area contributed by atoms with E-state index in [2.05, 4.69) is 16.8 Å². The quantitative estimate of drug-likeness (QED) is 0.937. The van der Waals surface area contributed by atoms with Crippen molar-refractivity contribution >= 4 is 10.9 Å². The zero-order chi connectivity index (χ0) is 16.4. The smallest absolute Gasteiger partial charge is 0.194 e. The Morgan fingerprint density at radius 3 is 2.91 bits per heavy atom. The third-order valence-corrected chi connectivity index (χ3v) is 5.10. The first kappa shape index (κ1) is 16.1. The molecule has 23 heavy (non-hydrogen) atoms. The number of ether oxygens (including phenoxy) is 1. The Morgan fingerprint density at radius 1 is 1.35 bits per heavy atom. The van der Waals surface area contributed by atoms with Gasteiger partial charge in [0.15, 0.2) is 5.43 Å². The maximum atomic E-state index is 13.0. The Labute approximate surface area is 137 Å². The van der Waals surface area contributed by atoms with Crippen molar-refractivity contribution in [2.75, 3.05) is 13.7 Å². The maximum absolute atomic E-state index is 13.0. The van der Waals surface area contributed by atoms with E-state index in [-0.39, 0.29) is 5.43 Å². The molecule has 2 heterocycles. The summed E-state index contributed by atoms with van der Waals surface area (Å²) in [6, 6.07) is 6.24. The minimum Gasteiger partial charge on any atom is -0.497 e. The number of nitrogens with zero attached hydrogens (tertiary/aromatic N) is 1. The molecule has 4 nitrogen and oxygen atoms in total. The van der Waals surface area contributed by atoms with Crippen LogP contribution < -0.4 is 10.2 Å². The van der Waals surface area contributed by atoms with Crippen molar-refractivity contribution in [2.45, 2.75) is 52.1 Å². The van der Waals surface area contributed by atoms with Gasteiger partial charge in [0.1, 0.15) is 5.75 Å². The molecule has 1 aromatic heterocycles. The standard InChI is InChI=1S/C19H26N2O2/c1-4-14-7-5-6-10-21(14)12-17-13(2)20-18-9-8-15(23-3)11-16(18)19(17)22/h8-9,11,14H,4-7,10,12H2,1-3H3,(H,20,22). The number of piperidine rings is 1. The fourth-order valence-corrected chi connectivity index (χ4v) is 3.68. The van der Waals surface area contributed by atoms with Crippen molar-refractivity contribution in [1.82, 2.24) is 9.88 Å². The van der Waals surface area contributed by atoms with Gasteiger partial charge in [0.2, 0.25) is 0 Å². The Bertz CT molecular complexity index is 751. The molecule has 124 valence electrons. The second kappa shape index (κ2) is 6.75. The molecular formula is C19H26N2O2. The highest BCUT2D eigenvalue weighted by molar-refractivity contribution is 5.81. The van der Waals surface area contributed by atoms with Crippen molar-refractivity contribution in [2.24, 2.45) is 0 Å². The Morgan fingerprint density at radius 2 is 2.17 bits per heavy atom. The molecule has 0 saturated carbocycles. The molecule has 0 spiro atoms. The summed E-state index contributed by atoms with van der Waals surface area (Å²) in [5, 5.41) is 0.718. The number of aryl methyl sites for hydroxylation is 1. The normalized spacial score (nSPS) is 19.2. The molecule has 4 heteroatoms. The van der Waals surface area contributed by atoms with E-state index in [4.69, 9.17) is 4.74 Å². The molecule has 1 aliphatic rings. The predicted molar refractivity (Wildman–Crippen MR) is 94.2 cm³/mol. The van der Waals surface area contributed by atoms with Crippen LogP contribution in [0.15, 0.2) is 23.0 Å². The van der Waals surface area contributed by atoms with E-state index in [1.165, 1.54) is 19.3 Å². The molecule has 1 aromatic carbocycles. The monoisotopic (exact) mass is 314 g/mol. The highest BCUT2D eigenvalue weighted by atomic mass is 16.5. The lowest BCUT2D eigenvalue weighted by atomic mass is 9.98. The number of likely N-dealkylation sites (tertiary alicyclic amines) is 1. The first-order valence-corrected chi connectivity index (χ1v) is 8.57. The molecule has 0 amide bonds. The van der Waals surface area contributed by atoms with Crippen molar-refractivity contribution in [3.63, 3.8) is 0 Å². The fourth-order valence-electron chi connectivity index (χ4n) is 3.68. The first-order chi connectivity index (χ1) is 11.1. The molecule has 0 radical (unpaired) electrons. The van der Waals surface area contributed by atoms with Crippen molar-refractivity contribution in [3.05, 3.63) is 39.7 Å². The molecule has 3 rings (SSSR count). The molecular weight excluding hydrogens is 288 g/mol. The number of benzene rings is 1. The molecule has 1 fully saturated rings. The van der Waals surface area contributed by atoms with E-state index >= 15 is 0 Å². The van der Waals surface area contributed by atoms with Gasteiger partial charge in [-0.25, -0.2) is 0 Å². The minimum absolute atomic E-state index is 0.135. The van der Waals surface area contributed by atoms with E-state index in [9.17, 15) is 4.79 Å². The van der Waals surface area contributed by atoms with Crippen LogP contribution in [0.1, 0.15) is 43.9 Å². The van der Waals surface area contributed by atoms with Gasteiger partial charge in [0.05, 0.1) is 7.11 Å². The number of H-pyrrole nitrogens is 1. The van der Waals surface area contributed by atoms with Crippen LogP contribution in [0.4, 0.5) is 0 Å². The average Bonchev–Trinajstić information content (AvgIpc) is 2.58. The first-order valence-electron chi connectivity index (χ1n) is 8.57. The number of hydrogen-bond donors (Lipinski definition) is 1. The summed E-state index contributed by atoms with van der Waals surface area (Å²) < 4.78 is 5.27. The Kier molecular flexibility index (Phi) is 4.71. The van der Waals surface area contributed by atoms with Gasteiger partial charge in [-0.2, -0.15) is 0 Å². The van der Waals surface area contributed by atoms with Crippen LogP contribution in [-0.4, -0.2) is 29.6 Å². The van der Waals surface area contributed by atoms with Gasteiger partial charge < -0.3 is 9.72 Å². The van der Waals surface area contributed by atoms with Crippen LogP contribution in [0.3, 0.4) is 0 Å². The molecule has 1 N–H and O–H groups in total. The molecule has 1 aliphatic heterocycles. The topological polar surface area (TPSA) is 45.3 Å². The van der Waals surface area contributed by atoms with Crippen LogP contribution in [0.5, 0.6) is 5.75 Å². The SMILES string of the molecule is CCC1CCCCN1Cc1c(C)[nH]c2ccc(OC)cc2c1=O. The summed E-state index contributed by atoms with van der Waals surface area (Å²) in [5.41, 5.74) is 2.89. The highest BCUT2D eigenvalue weighted by Gasteiger charge is 2.23. The van der Waals surface area contributed by atoms with Crippen LogP contribution in [0, 0.1) is 6.92 Å². The number of nitrogens with one attached hydrogen (secondary N) is 1. The van der Waals surface area contributed by atoms with Gasteiger partial charge in [-0.05, 0) is 50.9 Å². The number of aromatic amines is 1. The van der Waals surface area contributed by atoms with Gasteiger partial charge in [-0.15, -0.1) is 0 Å². The van der Waals surface area contributed by atoms with E-state index in [1.807, 2.05) is 25.1 Å². The average molecular weight is 314 g/mol. The Balaban J connectivity index is 2.01. The van der Waals surface area contributed by atoms with Crippen LogP contribution >= 0.6 is 0 Å². The van der Waals surface area contributed by atoms with E-state index in [0.29, 0.717) is 6.04 Å². The molecule has 0 aliphatic carbocycles. The van der Waals surface area contributed by atoms with E-state index < -0.39 is 0 Å². The number of methoxy groups -OCH3 is 1. The number of rotatable bonds is 4. The second-order valence-electron chi connectivity index (χ2n) is 6.50. The summed E-state index contributed by atoms with van der Waals surface area (Å²) >= 11 is 0. The largest absolute Gasteiger partial charge is 0.497 e. The summed E-state index contributed by atoms with van der Waals surface area (Å²) in [7, 11) is 1.63. The lowest BCUT2D eigenvalue weighted by molar-refractivity contribution is 0.135. The van der Waals surface area contributed by atoms with E-state index in [1.54, 1.807) is 7.11 Å². The van der Waals surface area contributed by atoms with Gasteiger partial charge in [-0.3, -0.25) is 9.69 Å². The summed E-state index contributed by atoms with van der Waals surface area (Å²) in [6.45, 7) is 6.08. The fraction of sp³-hybridized carbons (Fsp3) is 0.526. The van der Waals surface area contributed by atoms with Crippen molar-refractivity contribution in [1.29, 1.82) is 0 Å². The van der Waals surface area contributed by atoms with E-state index in [0.717, 1.165) is 47.4 Å². The van der Waals surface area contributed by atoms with Crippen molar-refractivity contribution < 1.29 is 4.74 Å². The minimum atomic E-state index is 0.135. The molecule has 2 aromatic rings. The van der Waals surface area contributed by atoms with Gasteiger partial charge in [0.25, 0.3) is 0 Å². The van der Waals surface area contributed by atoms with Crippen LogP contribution in [0.25, 0.3) is 10.9 Å². The molecule has 1 saturated heterocycles. The lowest BCUT2D eigenvalue weighted by Gasteiger charge is -2.35. The van der Waals surface area contributed by atoms with Gasteiger partial charge in [0, 0.05) is 34.7 Å². The summed E-state index contributed by atoms with van der Waals surface area (Å²) in [6.07, 6.45) is 4.93. The Hall–Kier alpha value is -1.81. The van der Waals surface area contributed by atoms with Gasteiger partial charge in [-0.1, -0.05) is 13.3 Å². The molecule has 0 bridgehead atoms. The number of hydrogen-bond acceptors (Lipinski definition) is 3. The number of pyridine rings is 1. The predicted octanol–water partition coefficient (Wildman–Crippen LogP) is 3.61. The number of fused-ring (bicyclic) bond motifs is 1. The van der Waals surface area contributed by atoms with Crippen LogP contribution in [-0.2, 0) is 6.54 Å². The highest BCUT2D eigenvalue weighted by Crippen LogP contribution is 2.23. The van der Waals surface area contributed by atoms with Crippen molar-refractivity contribution in [3.8, 4) is 5.75 Å². The second-order valence-corrected chi connectivity index (χ2v) is 6.50.